The van der Waals surface area contributed by atoms with Crippen molar-refractivity contribution >= 4 is 5.97 Å². The molecule has 1 aliphatic heterocycles. The molecule has 0 aromatic heterocycles. The van der Waals surface area contributed by atoms with Gasteiger partial charge in [0, 0.05) is 32.7 Å². The summed E-state index contributed by atoms with van der Waals surface area (Å²) in [6.07, 6.45) is 0.993. The fourth-order valence-electron chi connectivity index (χ4n) is 2.55. The zero-order valence-corrected chi connectivity index (χ0v) is 12.6. The maximum Gasteiger partial charge on any atom is 0.317 e. The molecule has 2 rings (SSSR count). The highest BCUT2D eigenvalue weighted by Gasteiger charge is 2.17. The lowest BCUT2D eigenvalue weighted by molar-refractivity contribution is -0.138. The zero-order valence-electron chi connectivity index (χ0n) is 12.6. The van der Waals surface area contributed by atoms with Gasteiger partial charge in [0.2, 0.25) is 0 Å². The average molecular weight is 292 g/mol. The predicted octanol–water partition coefficient (Wildman–Crippen LogP) is 1.47. The van der Waals surface area contributed by atoms with Crippen LogP contribution in [0.3, 0.4) is 0 Å². The Morgan fingerprint density at radius 3 is 2.62 bits per heavy atom. The Balaban J connectivity index is 1.59. The van der Waals surface area contributed by atoms with Crippen molar-refractivity contribution in [2.24, 2.45) is 0 Å². The van der Waals surface area contributed by atoms with E-state index in [2.05, 4.69) is 17.9 Å². The van der Waals surface area contributed by atoms with Crippen molar-refractivity contribution in [3.63, 3.8) is 0 Å². The molecule has 1 aromatic carbocycles. The zero-order chi connectivity index (χ0) is 15.1. The van der Waals surface area contributed by atoms with Gasteiger partial charge in [-0.15, -0.1) is 0 Å². The minimum absolute atomic E-state index is 0.157. The van der Waals surface area contributed by atoms with Crippen molar-refractivity contribution in [2.45, 2.75) is 13.3 Å². The lowest BCUT2D eigenvalue weighted by Crippen LogP contribution is -2.48. The van der Waals surface area contributed by atoms with E-state index >= 15 is 0 Å². The molecule has 1 fully saturated rings. The summed E-state index contributed by atoms with van der Waals surface area (Å²) in [6, 6.07) is 8.10. The van der Waals surface area contributed by atoms with Crippen molar-refractivity contribution in [3.8, 4) is 5.75 Å². The van der Waals surface area contributed by atoms with Gasteiger partial charge in [-0.1, -0.05) is 12.1 Å². The van der Waals surface area contributed by atoms with E-state index in [0.717, 1.165) is 51.5 Å². The third kappa shape index (κ3) is 5.73. The molecule has 1 N–H and O–H groups in total. The molecule has 5 nitrogen and oxygen atoms in total. The van der Waals surface area contributed by atoms with E-state index in [-0.39, 0.29) is 6.54 Å². The number of carboxylic acids is 1. The number of rotatable bonds is 7. The molecule has 1 saturated heterocycles. The van der Waals surface area contributed by atoms with Gasteiger partial charge in [0.1, 0.15) is 5.75 Å². The minimum Gasteiger partial charge on any atom is -0.494 e. The second kappa shape index (κ2) is 8.00. The van der Waals surface area contributed by atoms with E-state index in [1.165, 1.54) is 5.56 Å². The molecule has 0 unspecified atom stereocenters. The Hall–Kier alpha value is -1.59. The SMILES string of the molecule is Cc1cccc(OCCCN2CCN(CC(=O)O)CC2)c1. The standard InChI is InChI=1S/C16H24N2O3/c1-14-4-2-5-15(12-14)21-11-3-6-17-7-9-18(10-8-17)13-16(19)20/h2,4-5,12H,3,6-11,13H2,1H3,(H,19,20). The summed E-state index contributed by atoms with van der Waals surface area (Å²) in [5.41, 5.74) is 1.21. The maximum absolute atomic E-state index is 10.6. The number of nitrogens with zero attached hydrogens (tertiary/aromatic N) is 2. The second-order valence-electron chi connectivity index (χ2n) is 5.53. The van der Waals surface area contributed by atoms with Crippen LogP contribution in [0.2, 0.25) is 0 Å². The van der Waals surface area contributed by atoms with E-state index in [4.69, 9.17) is 9.84 Å². The molecular formula is C16H24N2O3. The Labute approximate surface area is 126 Å². The van der Waals surface area contributed by atoms with Crippen LogP contribution in [-0.2, 0) is 4.79 Å². The van der Waals surface area contributed by atoms with Crippen LogP contribution in [0.15, 0.2) is 24.3 Å². The van der Waals surface area contributed by atoms with Crippen molar-refractivity contribution in [2.75, 3.05) is 45.9 Å². The molecule has 1 aromatic rings. The van der Waals surface area contributed by atoms with Crippen LogP contribution in [0.25, 0.3) is 0 Å². The van der Waals surface area contributed by atoms with Gasteiger partial charge in [-0.25, -0.2) is 0 Å². The molecule has 1 aliphatic rings. The van der Waals surface area contributed by atoms with E-state index in [9.17, 15) is 4.79 Å². The summed E-state index contributed by atoms with van der Waals surface area (Å²) in [5.74, 6) is 0.191. The van der Waals surface area contributed by atoms with E-state index in [0.29, 0.717) is 0 Å². The Morgan fingerprint density at radius 1 is 1.24 bits per heavy atom. The summed E-state index contributed by atoms with van der Waals surface area (Å²) in [6.45, 7) is 7.50. The van der Waals surface area contributed by atoms with Gasteiger partial charge in [-0.05, 0) is 31.0 Å². The minimum atomic E-state index is -0.741. The molecule has 0 amide bonds. The van der Waals surface area contributed by atoms with E-state index in [1.54, 1.807) is 0 Å². The number of aliphatic carboxylic acids is 1. The maximum atomic E-state index is 10.6. The van der Waals surface area contributed by atoms with Crippen molar-refractivity contribution in [1.29, 1.82) is 0 Å². The van der Waals surface area contributed by atoms with Crippen LogP contribution < -0.4 is 4.74 Å². The van der Waals surface area contributed by atoms with Gasteiger partial charge in [0.15, 0.2) is 0 Å². The van der Waals surface area contributed by atoms with Gasteiger partial charge in [-0.3, -0.25) is 9.69 Å². The van der Waals surface area contributed by atoms with Crippen LogP contribution in [0.1, 0.15) is 12.0 Å². The van der Waals surface area contributed by atoms with Crippen molar-refractivity contribution in [3.05, 3.63) is 29.8 Å². The first kappa shape index (κ1) is 15.8. The number of benzene rings is 1. The van der Waals surface area contributed by atoms with Gasteiger partial charge in [-0.2, -0.15) is 0 Å². The average Bonchev–Trinajstić information content (AvgIpc) is 2.45. The number of hydrogen-bond acceptors (Lipinski definition) is 4. The predicted molar refractivity (Wildman–Crippen MR) is 81.8 cm³/mol. The van der Waals surface area contributed by atoms with Crippen LogP contribution in [-0.4, -0.2) is 66.8 Å². The van der Waals surface area contributed by atoms with Gasteiger partial charge >= 0.3 is 5.97 Å². The molecule has 0 atom stereocenters. The third-order valence-corrected chi connectivity index (χ3v) is 3.70. The molecule has 0 bridgehead atoms. The molecule has 0 aliphatic carbocycles. The highest BCUT2D eigenvalue weighted by Crippen LogP contribution is 2.12. The Kier molecular flexibility index (Phi) is 6.02. The van der Waals surface area contributed by atoms with Crippen LogP contribution in [0.5, 0.6) is 5.75 Å². The van der Waals surface area contributed by atoms with E-state index < -0.39 is 5.97 Å². The lowest BCUT2D eigenvalue weighted by Gasteiger charge is -2.33. The Morgan fingerprint density at radius 2 is 1.95 bits per heavy atom. The van der Waals surface area contributed by atoms with Gasteiger partial charge in [0.05, 0.1) is 13.2 Å². The Bertz CT molecular complexity index is 457. The van der Waals surface area contributed by atoms with Gasteiger partial charge in [0.25, 0.3) is 0 Å². The molecule has 0 saturated carbocycles. The van der Waals surface area contributed by atoms with Crippen LogP contribution in [0, 0.1) is 6.92 Å². The topological polar surface area (TPSA) is 53.0 Å². The summed E-state index contributed by atoms with van der Waals surface area (Å²) in [7, 11) is 0. The lowest BCUT2D eigenvalue weighted by atomic mass is 10.2. The number of ether oxygens (including phenoxy) is 1. The fraction of sp³-hybridized carbons (Fsp3) is 0.562. The summed E-state index contributed by atoms with van der Waals surface area (Å²) < 4.78 is 5.74. The first-order valence-electron chi connectivity index (χ1n) is 7.49. The number of carbonyl (C=O) groups is 1. The molecule has 116 valence electrons. The molecule has 0 spiro atoms. The summed E-state index contributed by atoms with van der Waals surface area (Å²) in [5, 5.41) is 8.76. The highest BCUT2D eigenvalue weighted by atomic mass is 16.5. The molecule has 5 heteroatoms. The van der Waals surface area contributed by atoms with Crippen LogP contribution in [0.4, 0.5) is 0 Å². The van der Waals surface area contributed by atoms with Crippen LogP contribution >= 0.6 is 0 Å². The second-order valence-corrected chi connectivity index (χ2v) is 5.53. The fourth-order valence-corrected chi connectivity index (χ4v) is 2.55. The first-order valence-corrected chi connectivity index (χ1v) is 7.49. The molecule has 1 heterocycles. The molecule has 0 radical (unpaired) electrons. The monoisotopic (exact) mass is 292 g/mol. The largest absolute Gasteiger partial charge is 0.494 e. The molecular weight excluding hydrogens is 268 g/mol. The highest BCUT2D eigenvalue weighted by molar-refractivity contribution is 5.69. The number of piperazine rings is 1. The summed E-state index contributed by atoms with van der Waals surface area (Å²) in [4.78, 5) is 15.0. The number of aryl methyl sites for hydroxylation is 1. The number of carboxylic acid groups (broad SMARTS) is 1. The molecule has 21 heavy (non-hydrogen) atoms. The summed E-state index contributed by atoms with van der Waals surface area (Å²) >= 11 is 0. The van der Waals surface area contributed by atoms with Crippen molar-refractivity contribution < 1.29 is 14.6 Å². The van der Waals surface area contributed by atoms with E-state index in [1.807, 2.05) is 23.1 Å². The number of hydrogen-bond donors (Lipinski definition) is 1. The quantitative estimate of drug-likeness (QED) is 0.771. The first-order chi connectivity index (χ1) is 10.1. The smallest absolute Gasteiger partial charge is 0.317 e. The van der Waals surface area contributed by atoms with Gasteiger partial charge < -0.3 is 14.7 Å². The van der Waals surface area contributed by atoms with Crippen molar-refractivity contribution in [1.82, 2.24) is 9.80 Å². The third-order valence-electron chi connectivity index (χ3n) is 3.70. The normalized spacial score (nSPS) is 16.8.